The second-order valence-electron chi connectivity index (χ2n) is 5.54. The van der Waals surface area contributed by atoms with Crippen molar-refractivity contribution in [1.82, 2.24) is 4.90 Å². The van der Waals surface area contributed by atoms with Crippen LogP contribution in [0, 0.1) is 0 Å². The van der Waals surface area contributed by atoms with Gasteiger partial charge in [-0.2, -0.15) is 0 Å². The molecule has 0 amide bonds. The summed E-state index contributed by atoms with van der Waals surface area (Å²) in [6, 6.07) is 8.77. The van der Waals surface area contributed by atoms with Gasteiger partial charge in [-0.05, 0) is 36.6 Å². The van der Waals surface area contributed by atoms with Crippen molar-refractivity contribution in [2.75, 3.05) is 19.6 Å². The van der Waals surface area contributed by atoms with Gasteiger partial charge in [-0.3, -0.25) is 0 Å². The summed E-state index contributed by atoms with van der Waals surface area (Å²) < 4.78 is 0. The van der Waals surface area contributed by atoms with E-state index < -0.39 is 0 Å². The number of alkyl halides is 1. The van der Waals surface area contributed by atoms with Crippen molar-refractivity contribution >= 4 is 11.6 Å². The van der Waals surface area contributed by atoms with Gasteiger partial charge in [-0.1, -0.05) is 58.4 Å². The van der Waals surface area contributed by atoms with E-state index in [0.29, 0.717) is 5.92 Å². The van der Waals surface area contributed by atoms with Gasteiger partial charge in [0.1, 0.15) is 0 Å². The zero-order valence-electron chi connectivity index (χ0n) is 12.8. The van der Waals surface area contributed by atoms with E-state index in [1.54, 1.807) is 0 Å². The average Bonchev–Trinajstić information content (AvgIpc) is 2.43. The largest absolute Gasteiger partial charge is 0.302 e. The summed E-state index contributed by atoms with van der Waals surface area (Å²) in [4.78, 5) is 2.44. The maximum absolute atomic E-state index is 6.55. The number of halogens is 1. The Hall–Kier alpha value is -0.530. The molecule has 0 heterocycles. The fourth-order valence-corrected chi connectivity index (χ4v) is 2.52. The maximum Gasteiger partial charge on any atom is 0.0712 e. The van der Waals surface area contributed by atoms with Gasteiger partial charge in [0.25, 0.3) is 0 Å². The van der Waals surface area contributed by atoms with Crippen molar-refractivity contribution in [2.24, 2.45) is 0 Å². The van der Waals surface area contributed by atoms with Crippen LogP contribution >= 0.6 is 11.6 Å². The van der Waals surface area contributed by atoms with E-state index in [4.69, 9.17) is 11.6 Å². The second kappa shape index (κ2) is 8.60. The topological polar surface area (TPSA) is 3.24 Å². The van der Waals surface area contributed by atoms with E-state index >= 15 is 0 Å². The molecule has 0 aromatic heterocycles. The van der Waals surface area contributed by atoms with Crippen molar-refractivity contribution in [3.63, 3.8) is 0 Å². The van der Waals surface area contributed by atoms with E-state index in [1.165, 1.54) is 24.0 Å². The third-order valence-corrected chi connectivity index (χ3v) is 4.05. The number of hydrogen-bond acceptors (Lipinski definition) is 1. The highest BCUT2D eigenvalue weighted by molar-refractivity contribution is 6.21. The monoisotopic (exact) mass is 281 g/mol. The zero-order chi connectivity index (χ0) is 14.3. The average molecular weight is 282 g/mol. The molecule has 0 saturated heterocycles. The minimum Gasteiger partial charge on any atom is -0.302 e. The van der Waals surface area contributed by atoms with Gasteiger partial charge in [-0.25, -0.2) is 0 Å². The van der Waals surface area contributed by atoms with Crippen LogP contribution in [-0.4, -0.2) is 24.5 Å². The Morgan fingerprint density at radius 3 is 2.11 bits per heavy atom. The number of rotatable bonds is 8. The van der Waals surface area contributed by atoms with Gasteiger partial charge in [0.2, 0.25) is 0 Å². The smallest absolute Gasteiger partial charge is 0.0712 e. The summed E-state index contributed by atoms with van der Waals surface area (Å²) in [5, 5.41) is 0.0954. The van der Waals surface area contributed by atoms with Gasteiger partial charge >= 0.3 is 0 Å². The first kappa shape index (κ1) is 16.5. The molecule has 0 aliphatic carbocycles. The van der Waals surface area contributed by atoms with Crippen molar-refractivity contribution in [3.05, 3.63) is 35.4 Å². The molecule has 2 heteroatoms. The van der Waals surface area contributed by atoms with Crippen molar-refractivity contribution < 1.29 is 0 Å². The normalized spacial score (nSPS) is 13.2. The Kier molecular flexibility index (Phi) is 7.48. The molecule has 0 aliphatic heterocycles. The standard InChI is InChI=1S/C17H28ClN/c1-5-7-12-19(6-2)13-17(18)16-10-8-15(9-11-16)14(3)4/h8-11,14,17H,5-7,12-13H2,1-4H3. The number of hydrogen-bond donors (Lipinski definition) is 0. The molecule has 1 aromatic rings. The van der Waals surface area contributed by atoms with Gasteiger partial charge < -0.3 is 4.90 Å². The molecule has 0 bridgehead atoms. The lowest BCUT2D eigenvalue weighted by Crippen LogP contribution is -2.28. The van der Waals surface area contributed by atoms with Gasteiger partial charge in [-0.15, -0.1) is 11.6 Å². The first-order valence-corrected chi connectivity index (χ1v) is 7.98. The van der Waals surface area contributed by atoms with Gasteiger partial charge in [0, 0.05) is 6.54 Å². The summed E-state index contributed by atoms with van der Waals surface area (Å²) in [7, 11) is 0. The zero-order valence-corrected chi connectivity index (χ0v) is 13.6. The fourth-order valence-electron chi connectivity index (χ4n) is 2.18. The molecule has 0 saturated carbocycles. The number of nitrogens with zero attached hydrogens (tertiary/aromatic N) is 1. The minimum absolute atomic E-state index is 0.0954. The molecule has 0 spiro atoms. The molecular formula is C17H28ClN. The Bertz CT molecular complexity index is 345. The van der Waals surface area contributed by atoms with Crippen LogP contribution in [0.4, 0.5) is 0 Å². The molecule has 0 aliphatic rings. The first-order chi connectivity index (χ1) is 9.08. The molecule has 0 N–H and O–H groups in total. The lowest BCUT2D eigenvalue weighted by molar-refractivity contribution is 0.283. The third-order valence-electron chi connectivity index (χ3n) is 3.66. The molecule has 0 radical (unpaired) electrons. The summed E-state index contributed by atoms with van der Waals surface area (Å²) in [6.07, 6.45) is 2.50. The van der Waals surface area contributed by atoms with Gasteiger partial charge in [0.05, 0.1) is 5.38 Å². The molecule has 0 fully saturated rings. The van der Waals surface area contributed by atoms with Crippen molar-refractivity contribution in [1.29, 1.82) is 0 Å². The molecule has 1 nitrogen and oxygen atoms in total. The van der Waals surface area contributed by atoms with Crippen molar-refractivity contribution in [2.45, 2.75) is 51.8 Å². The first-order valence-electron chi connectivity index (χ1n) is 7.54. The molecule has 108 valence electrons. The molecule has 1 aromatic carbocycles. The Morgan fingerprint density at radius 1 is 1.05 bits per heavy atom. The Labute approximate surface area is 124 Å². The Morgan fingerprint density at radius 2 is 1.63 bits per heavy atom. The molecule has 1 atom stereocenters. The predicted molar refractivity (Wildman–Crippen MR) is 86.1 cm³/mol. The number of likely N-dealkylation sites (N-methyl/N-ethyl adjacent to an activating group) is 1. The van der Waals surface area contributed by atoms with Crippen LogP contribution < -0.4 is 0 Å². The lowest BCUT2D eigenvalue weighted by atomic mass is 10.0. The molecular weight excluding hydrogens is 254 g/mol. The summed E-state index contributed by atoms with van der Waals surface area (Å²) >= 11 is 6.55. The minimum atomic E-state index is 0.0954. The SMILES string of the molecule is CCCCN(CC)CC(Cl)c1ccc(C(C)C)cc1. The Balaban J connectivity index is 2.58. The van der Waals surface area contributed by atoms with Gasteiger partial charge in [0.15, 0.2) is 0 Å². The maximum atomic E-state index is 6.55. The fraction of sp³-hybridized carbons (Fsp3) is 0.647. The van der Waals surface area contributed by atoms with E-state index in [1.807, 2.05) is 0 Å². The highest BCUT2D eigenvalue weighted by Gasteiger charge is 2.12. The van der Waals surface area contributed by atoms with Crippen molar-refractivity contribution in [3.8, 4) is 0 Å². The number of benzene rings is 1. The van der Waals surface area contributed by atoms with Crippen LogP contribution in [0.3, 0.4) is 0 Å². The summed E-state index contributed by atoms with van der Waals surface area (Å²) in [5.41, 5.74) is 2.62. The molecule has 1 rings (SSSR count). The van der Waals surface area contributed by atoms with E-state index in [-0.39, 0.29) is 5.38 Å². The highest BCUT2D eigenvalue weighted by Crippen LogP contribution is 2.24. The van der Waals surface area contributed by atoms with Crippen LogP contribution in [0.25, 0.3) is 0 Å². The van der Waals surface area contributed by atoms with Crippen LogP contribution in [-0.2, 0) is 0 Å². The molecule has 19 heavy (non-hydrogen) atoms. The predicted octanol–water partition coefficient (Wildman–Crippen LogP) is 5.21. The van der Waals surface area contributed by atoms with E-state index in [9.17, 15) is 0 Å². The van der Waals surface area contributed by atoms with E-state index in [2.05, 4.69) is 56.9 Å². The van der Waals surface area contributed by atoms with Crippen LogP contribution in [0.1, 0.15) is 63.0 Å². The van der Waals surface area contributed by atoms with Crippen LogP contribution in [0.2, 0.25) is 0 Å². The van der Waals surface area contributed by atoms with Crippen LogP contribution in [0.5, 0.6) is 0 Å². The molecule has 1 unspecified atom stereocenters. The lowest BCUT2D eigenvalue weighted by Gasteiger charge is -2.23. The summed E-state index contributed by atoms with van der Waals surface area (Å²) in [6.45, 7) is 12.1. The highest BCUT2D eigenvalue weighted by atomic mass is 35.5. The second-order valence-corrected chi connectivity index (χ2v) is 6.06. The number of unbranched alkanes of at least 4 members (excludes halogenated alkanes) is 1. The summed E-state index contributed by atoms with van der Waals surface area (Å²) in [5.74, 6) is 0.583. The van der Waals surface area contributed by atoms with E-state index in [0.717, 1.165) is 19.6 Å². The van der Waals surface area contributed by atoms with Crippen LogP contribution in [0.15, 0.2) is 24.3 Å². The third kappa shape index (κ3) is 5.54. The quantitative estimate of drug-likeness (QED) is 0.591.